The van der Waals surface area contributed by atoms with E-state index in [1.54, 1.807) is 6.92 Å². The molecule has 0 aliphatic carbocycles. The summed E-state index contributed by atoms with van der Waals surface area (Å²) in [4.78, 5) is 8.28. The van der Waals surface area contributed by atoms with Gasteiger partial charge in [-0.2, -0.15) is 0 Å². The zero-order chi connectivity index (χ0) is 15.4. The van der Waals surface area contributed by atoms with Crippen molar-refractivity contribution < 1.29 is 13.5 Å². The fourth-order valence-electron chi connectivity index (χ4n) is 1.85. The lowest BCUT2D eigenvalue weighted by Gasteiger charge is -2.10. The number of methoxy groups -OCH3 is 1. The van der Waals surface area contributed by atoms with Crippen LogP contribution in [0.15, 0.2) is 18.2 Å². The van der Waals surface area contributed by atoms with Crippen LogP contribution in [0.2, 0.25) is 0 Å². The Hall–Kier alpha value is -2.24. The van der Waals surface area contributed by atoms with Gasteiger partial charge in [0.25, 0.3) is 0 Å². The summed E-state index contributed by atoms with van der Waals surface area (Å²) in [5.41, 5.74) is 0.804. The lowest BCUT2D eigenvalue weighted by Crippen LogP contribution is -2.08. The highest BCUT2D eigenvalue weighted by atomic mass is 19.1. The molecule has 6 heteroatoms. The molecule has 0 radical (unpaired) electrons. The maximum atomic E-state index is 14.0. The van der Waals surface area contributed by atoms with Crippen LogP contribution in [0.4, 0.5) is 14.6 Å². The SMILES string of the molecule is CCCNc1nc(-c2ccc(F)c(OC)c2)nc(C)c1F. The summed E-state index contributed by atoms with van der Waals surface area (Å²) >= 11 is 0. The van der Waals surface area contributed by atoms with E-state index < -0.39 is 11.6 Å². The Labute approximate surface area is 122 Å². The second kappa shape index (κ2) is 6.47. The standard InChI is InChI=1S/C15H17F2N3O/c1-4-7-18-15-13(17)9(2)19-14(20-15)10-5-6-11(16)12(8-10)21-3/h5-6,8H,4,7H2,1-3H3,(H,18,19,20). The van der Waals surface area contributed by atoms with Crippen molar-refractivity contribution in [3.05, 3.63) is 35.5 Å². The minimum Gasteiger partial charge on any atom is -0.494 e. The van der Waals surface area contributed by atoms with Crippen molar-refractivity contribution in [1.82, 2.24) is 9.97 Å². The molecule has 0 bridgehead atoms. The Kier molecular flexibility index (Phi) is 4.67. The molecule has 0 saturated carbocycles. The zero-order valence-corrected chi connectivity index (χ0v) is 12.2. The summed E-state index contributed by atoms with van der Waals surface area (Å²) in [5.74, 6) is -0.361. The average molecular weight is 293 g/mol. The van der Waals surface area contributed by atoms with Gasteiger partial charge in [0.05, 0.1) is 12.8 Å². The van der Waals surface area contributed by atoms with E-state index in [1.165, 1.54) is 25.3 Å². The summed E-state index contributed by atoms with van der Waals surface area (Å²) in [6.07, 6.45) is 0.849. The summed E-state index contributed by atoms with van der Waals surface area (Å²) in [5, 5.41) is 2.92. The molecule has 2 aromatic rings. The van der Waals surface area contributed by atoms with Gasteiger partial charge in [-0.1, -0.05) is 6.92 Å². The van der Waals surface area contributed by atoms with Crippen molar-refractivity contribution in [2.45, 2.75) is 20.3 Å². The highest BCUT2D eigenvalue weighted by Crippen LogP contribution is 2.26. The van der Waals surface area contributed by atoms with Crippen LogP contribution in [0.25, 0.3) is 11.4 Å². The Bertz CT molecular complexity index is 647. The van der Waals surface area contributed by atoms with E-state index in [9.17, 15) is 8.78 Å². The smallest absolute Gasteiger partial charge is 0.186 e. The fourth-order valence-corrected chi connectivity index (χ4v) is 1.85. The third-order valence-electron chi connectivity index (χ3n) is 2.97. The van der Waals surface area contributed by atoms with Gasteiger partial charge in [-0.15, -0.1) is 0 Å². The highest BCUT2D eigenvalue weighted by molar-refractivity contribution is 5.60. The number of ether oxygens (including phenoxy) is 1. The molecule has 0 aliphatic heterocycles. The van der Waals surface area contributed by atoms with Crippen molar-refractivity contribution in [2.24, 2.45) is 0 Å². The number of halogens is 2. The summed E-state index contributed by atoms with van der Waals surface area (Å²) < 4.78 is 32.3. The fraction of sp³-hybridized carbons (Fsp3) is 0.333. The van der Waals surface area contributed by atoms with E-state index in [4.69, 9.17) is 4.74 Å². The summed E-state index contributed by atoms with van der Waals surface area (Å²) in [7, 11) is 1.38. The number of nitrogens with zero attached hydrogens (tertiary/aromatic N) is 2. The van der Waals surface area contributed by atoms with Crippen molar-refractivity contribution in [2.75, 3.05) is 19.0 Å². The average Bonchev–Trinajstić information content (AvgIpc) is 2.49. The van der Waals surface area contributed by atoms with Crippen LogP contribution in [-0.4, -0.2) is 23.6 Å². The lowest BCUT2D eigenvalue weighted by molar-refractivity contribution is 0.386. The molecule has 1 N–H and O–H groups in total. The Morgan fingerprint density at radius 3 is 2.67 bits per heavy atom. The monoisotopic (exact) mass is 293 g/mol. The predicted molar refractivity (Wildman–Crippen MR) is 77.5 cm³/mol. The third kappa shape index (κ3) is 3.26. The first-order valence-electron chi connectivity index (χ1n) is 6.68. The molecule has 0 amide bonds. The summed E-state index contributed by atoms with van der Waals surface area (Å²) in [6.45, 7) is 4.16. The first-order valence-corrected chi connectivity index (χ1v) is 6.68. The molecule has 4 nitrogen and oxygen atoms in total. The number of hydrogen-bond acceptors (Lipinski definition) is 4. The molecule has 1 aromatic carbocycles. The van der Waals surface area contributed by atoms with Crippen molar-refractivity contribution in [3.8, 4) is 17.1 Å². The largest absolute Gasteiger partial charge is 0.494 e. The molecule has 2 rings (SSSR count). The predicted octanol–water partition coefficient (Wildman–Crippen LogP) is 3.56. The molecule has 1 aromatic heterocycles. The molecule has 0 unspecified atom stereocenters. The first kappa shape index (κ1) is 15.2. The van der Waals surface area contributed by atoms with Crippen LogP contribution in [-0.2, 0) is 0 Å². The molecule has 21 heavy (non-hydrogen) atoms. The number of nitrogens with one attached hydrogen (secondary N) is 1. The maximum absolute atomic E-state index is 14.0. The molecule has 0 saturated heterocycles. The van der Waals surface area contributed by atoms with Crippen LogP contribution < -0.4 is 10.1 Å². The number of anilines is 1. The molecule has 0 aliphatic rings. The number of hydrogen-bond donors (Lipinski definition) is 1. The number of aromatic nitrogens is 2. The van der Waals surface area contributed by atoms with Gasteiger partial charge in [-0.25, -0.2) is 18.7 Å². The van der Waals surface area contributed by atoms with E-state index in [1.807, 2.05) is 6.92 Å². The van der Waals surface area contributed by atoms with Crippen molar-refractivity contribution >= 4 is 5.82 Å². The van der Waals surface area contributed by atoms with Gasteiger partial charge in [0, 0.05) is 12.1 Å². The van der Waals surface area contributed by atoms with Gasteiger partial charge >= 0.3 is 0 Å². The van der Waals surface area contributed by atoms with Crippen LogP contribution in [0.1, 0.15) is 19.0 Å². The van der Waals surface area contributed by atoms with Gasteiger partial charge in [-0.05, 0) is 31.5 Å². The Morgan fingerprint density at radius 2 is 2.00 bits per heavy atom. The maximum Gasteiger partial charge on any atom is 0.186 e. The molecular formula is C15H17F2N3O. The zero-order valence-electron chi connectivity index (χ0n) is 12.2. The second-order valence-electron chi connectivity index (χ2n) is 4.57. The van der Waals surface area contributed by atoms with Crippen LogP contribution in [0.3, 0.4) is 0 Å². The second-order valence-corrected chi connectivity index (χ2v) is 4.57. The Morgan fingerprint density at radius 1 is 1.24 bits per heavy atom. The van der Waals surface area contributed by atoms with Crippen LogP contribution in [0, 0.1) is 18.6 Å². The topological polar surface area (TPSA) is 47.0 Å². The van der Waals surface area contributed by atoms with E-state index in [0.29, 0.717) is 17.9 Å². The highest BCUT2D eigenvalue weighted by Gasteiger charge is 2.14. The first-order chi connectivity index (χ1) is 10.1. The molecule has 112 valence electrons. The van der Waals surface area contributed by atoms with E-state index in [0.717, 1.165) is 6.42 Å². The van der Waals surface area contributed by atoms with Gasteiger partial charge in [0.15, 0.2) is 29.0 Å². The molecule has 0 spiro atoms. The number of rotatable bonds is 5. The van der Waals surface area contributed by atoms with E-state index >= 15 is 0 Å². The molecule has 1 heterocycles. The number of aryl methyl sites for hydroxylation is 1. The summed E-state index contributed by atoms with van der Waals surface area (Å²) in [6, 6.07) is 4.30. The van der Waals surface area contributed by atoms with Crippen LogP contribution in [0.5, 0.6) is 5.75 Å². The minimum absolute atomic E-state index is 0.0983. The molecular weight excluding hydrogens is 276 g/mol. The third-order valence-corrected chi connectivity index (χ3v) is 2.97. The normalized spacial score (nSPS) is 10.5. The van der Waals surface area contributed by atoms with Crippen LogP contribution >= 0.6 is 0 Å². The molecule has 0 fully saturated rings. The van der Waals surface area contributed by atoms with Crippen molar-refractivity contribution in [1.29, 1.82) is 0 Å². The quantitative estimate of drug-likeness (QED) is 0.915. The van der Waals surface area contributed by atoms with Gasteiger partial charge in [0.2, 0.25) is 0 Å². The van der Waals surface area contributed by atoms with Crippen molar-refractivity contribution in [3.63, 3.8) is 0 Å². The lowest BCUT2D eigenvalue weighted by atomic mass is 10.2. The minimum atomic E-state index is -0.471. The molecule has 0 atom stereocenters. The van der Waals surface area contributed by atoms with E-state index in [2.05, 4.69) is 15.3 Å². The van der Waals surface area contributed by atoms with Gasteiger partial charge in [0.1, 0.15) is 0 Å². The van der Waals surface area contributed by atoms with Gasteiger partial charge in [-0.3, -0.25) is 0 Å². The Balaban J connectivity index is 2.46. The van der Waals surface area contributed by atoms with Gasteiger partial charge < -0.3 is 10.1 Å². The van der Waals surface area contributed by atoms with E-state index in [-0.39, 0.29) is 17.3 Å². The number of benzene rings is 1.